The number of fused-ring (bicyclic) bond motifs is 1. The van der Waals surface area contributed by atoms with E-state index in [-0.39, 0.29) is 29.7 Å². The number of rotatable bonds is 12. The maximum Gasteiger partial charge on any atom is 0.259 e. The minimum absolute atomic E-state index is 0.0472. The number of amides is 2. The Bertz CT molecular complexity index is 1470. The molecule has 2 atom stereocenters. The predicted molar refractivity (Wildman–Crippen MR) is 164 cm³/mol. The first-order chi connectivity index (χ1) is 19.3. The maximum atomic E-state index is 13.2. The van der Waals surface area contributed by atoms with Gasteiger partial charge in [-0.3, -0.25) is 9.59 Å². The number of thiazole rings is 1. The van der Waals surface area contributed by atoms with Crippen molar-refractivity contribution < 1.29 is 19.1 Å². The van der Waals surface area contributed by atoms with Crippen molar-refractivity contribution in [1.82, 2.24) is 10.3 Å². The Morgan fingerprint density at radius 2 is 1.85 bits per heavy atom. The number of carbonyl (C=O) groups excluding carboxylic acids is 2. The predicted octanol–water partition coefficient (Wildman–Crippen LogP) is 7.40. The van der Waals surface area contributed by atoms with Crippen molar-refractivity contribution in [3.05, 3.63) is 77.4 Å². The van der Waals surface area contributed by atoms with Crippen molar-refractivity contribution in [3.8, 4) is 11.5 Å². The molecule has 7 nitrogen and oxygen atoms in total. The van der Waals surface area contributed by atoms with Gasteiger partial charge in [0.2, 0.25) is 5.91 Å². The van der Waals surface area contributed by atoms with Gasteiger partial charge in [0.25, 0.3) is 5.91 Å². The van der Waals surface area contributed by atoms with Crippen LogP contribution in [0.2, 0.25) is 0 Å². The van der Waals surface area contributed by atoms with E-state index in [1.165, 1.54) is 23.1 Å². The second-order valence-electron chi connectivity index (χ2n) is 9.59. The van der Waals surface area contributed by atoms with Crippen molar-refractivity contribution >= 4 is 50.8 Å². The van der Waals surface area contributed by atoms with Crippen LogP contribution in [0.15, 0.2) is 65.0 Å². The number of nitrogens with one attached hydrogen (secondary N) is 2. The Hall–Kier alpha value is -3.56. The molecular formula is C31H35N3O4S2. The lowest BCUT2D eigenvalue weighted by Crippen LogP contribution is -2.28. The minimum Gasteiger partial charge on any atom is -0.495 e. The maximum absolute atomic E-state index is 13.2. The molecule has 0 saturated heterocycles. The zero-order valence-corrected chi connectivity index (χ0v) is 25.1. The monoisotopic (exact) mass is 577 g/mol. The molecule has 0 bridgehead atoms. The summed E-state index contributed by atoms with van der Waals surface area (Å²) in [5, 5.41) is 6.01. The molecule has 4 rings (SSSR count). The van der Waals surface area contributed by atoms with Crippen LogP contribution < -0.4 is 20.1 Å². The molecule has 210 valence electrons. The minimum atomic E-state index is -0.268. The topological polar surface area (TPSA) is 89.5 Å². The standard InChI is InChI=1S/C31H35N3O4S2/c1-6-10-19(2)38-26-16-14-24(29(37-5)20(26)3)30(36)33-23-13-15-25-27(17-23)40-31(34-25)39-18-28(35)32-21(4)22-11-8-7-9-12-22/h7-9,11-17,19,21H,6,10,18H2,1-5H3,(H,32,35)(H,33,36)/t19-,21+/m1/s1. The fraction of sp³-hybridized carbons (Fsp3) is 0.323. The highest BCUT2D eigenvalue weighted by Crippen LogP contribution is 2.34. The molecule has 0 aliphatic rings. The molecule has 0 unspecified atom stereocenters. The van der Waals surface area contributed by atoms with Crippen LogP contribution in [0.5, 0.6) is 11.5 Å². The molecular weight excluding hydrogens is 542 g/mol. The largest absolute Gasteiger partial charge is 0.495 e. The first kappa shape index (κ1) is 29.4. The molecule has 3 aromatic carbocycles. The van der Waals surface area contributed by atoms with Crippen LogP contribution in [0.3, 0.4) is 0 Å². The van der Waals surface area contributed by atoms with Crippen LogP contribution >= 0.6 is 23.1 Å². The van der Waals surface area contributed by atoms with Gasteiger partial charge in [0, 0.05) is 11.3 Å². The van der Waals surface area contributed by atoms with Crippen LogP contribution in [0, 0.1) is 6.92 Å². The lowest BCUT2D eigenvalue weighted by molar-refractivity contribution is -0.119. The Balaban J connectivity index is 1.40. The van der Waals surface area contributed by atoms with E-state index in [9.17, 15) is 9.59 Å². The van der Waals surface area contributed by atoms with E-state index in [0.717, 1.165) is 38.5 Å². The second-order valence-corrected chi connectivity index (χ2v) is 11.8. The number of aromatic nitrogens is 1. The summed E-state index contributed by atoms with van der Waals surface area (Å²) in [7, 11) is 1.56. The summed E-state index contributed by atoms with van der Waals surface area (Å²) in [5.74, 6) is 1.17. The Kier molecular flexibility index (Phi) is 10.1. The number of hydrogen-bond donors (Lipinski definition) is 2. The van der Waals surface area contributed by atoms with Gasteiger partial charge in [-0.25, -0.2) is 4.98 Å². The summed E-state index contributed by atoms with van der Waals surface area (Å²) in [4.78, 5) is 30.3. The average Bonchev–Trinajstić information content (AvgIpc) is 3.35. The van der Waals surface area contributed by atoms with Gasteiger partial charge in [-0.15, -0.1) is 11.3 Å². The summed E-state index contributed by atoms with van der Waals surface area (Å²) < 4.78 is 13.4. The van der Waals surface area contributed by atoms with E-state index in [4.69, 9.17) is 9.47 Å². The highest BCUT2D eigenvalue weighted by molar-refractivity contribution is 8.01. The van der Waals surface area contributed by atoms with Crippen molar-refractivity contribution in [2.75, 3.05) is 18.2 Å². The number of carbonyl (C=O) groups is 2. The normalized spacial score (nSPS) is 12.5. The summed E-state index contributed by atoms with van der Waals surface area (Å²) >= 11 is 2.90. The molecule has 0 aliphatic carbocycles. The highest BCUT2D eigenvalue weighted by Gasteiger charge is 2.19. The van der Waals surface area contributed by atoms with Gasteiger partial charge in [0.1, 0.15) is 11.5 Å². The van der Waals surface area contributed by atoms with E-state index in [0.29, 0.717) is 22.7 Å². The van der Waals surface area contributed by atoms with Gasteiger partial charge in [-0.2, -0.15) is 0 Å². The third-order valence-corrected chi connectivity index (χ3v) is 8.62. The number of hydrogen-bond acceptors (Lipinski definition) is 7. The summed E-state index contributed by atoms with van der Waals surface area (Å²) in [6.07, 6.45) is 2.06. The number of anilines is 1. The van der Waals surface area contributed by atoms with E-state index in [1.807, 2.05) is 75.4 Å². The molecule has 1 aromatic heterocycles. The van der Waals surface area contributed by atoms with Gasteiger partial charge in [0.05, 0.1) is 40.8 Å². The molecule has 4 aromatic rings. The molecule has 0 fully saturated rings. The number of thioether (sulfide) groups is 1. The average molecular weight is 578 g/mol. The Morgan fingerprint density at radius 3 is 2.58 bits per heavy atom. The van der Waals surface area contributed by atoms with Gasteiger partial charge in [-0.05, 0) is 63.1 Å². The first-order valence-corrected chi connectivity index (χ1v) is 15.1. The van der Waals surface area contributed by atoms with E-state index in [2.05, 4.69) is 22.5 Å². The van der Waals surface area contributed by atoms with Crippen LogP contribution in [0.1, 0.15) is 61.1 Å². The highest BCUT2D eigenvalue weighted by atomic mass is 32.2. The lowest BCUT2D eigenvalue weighted by Gasteiger charge is -2.19. The van der Waals surface area contributed by atoms with Gasteiger partial charge < -0.3 is 20.1 Å². The summed E-state index contributed by atoms with van der Waals surface area (Å²) in [5.41, 5.74) is 3.77. The molecule has 9 heteroatoms. The molecule has 0 radical (unpaired) electrons. The molecule has 2 N–H and O–H groups in total. The molecule has 40 heavy (non-hydrogen) atoms. The number of benzene rings is 3. The zero-order valence-electron chi connectivity index (χ0n) is 23.4. The smallest absolute Gasteiger partial charge is 0.259 e. The van der Waals surface area contributed by atoms with E-state index >= 15 is 0 Å². The fourth-order valence-corrected chi connectivity index (χ4v) is 6.32. The van der Waals surface area contributed by atoms with Crippen LogP contribution in [-0.4, -0.2) is 35.8 Å². The molecule has 2 amide bonds. The SMILES string of the molecule is CCC[C@@H](C)Oc1ccc(C(=O)Nc2ccc3nc(SCC(=O)N[C@@H](C)c4ccccc4)sc3c2)c(OC)c1C. The van der Waals surface area contributed by atoms with Crippen molar-refractivity contribution in [2.24, 2.45) is 0 Å². The van der Waals surface area contributed by atoms with Gasteiger partial charge in [-0.1, -0.05) is 55.4 Å². The third-order valence-electron chi connectivity index (χ3n) is 6.46. The Morgan fingerprint density at radius 1 is 1.07 bits per heavy atom. The van der Waals surface area contributed by atoms with Gasteiger partial charge >= 0.3 is 0 Å². The third kappa shape index (κ3) is 7.34. The molecule has 0 aliphatic heterocycles. The van der Waals surface area contributed by atoms with Crippen LogP contribution in [-0.2, 0) is 4.79 Å². The zero-order chi connectivity index (χ0) is 28.6. The van der Waals surface area contributed by atoms with Crippen molar-refractivity contribution in [1.29, 1.82) is 0 Å². The number of methoxy groups -OCH3 is 1. The Labute approximate surface area is 243 Å². The van der Waals surface area contributed by atoms with Crippen LogP contribution in [0.25, 0.3) is 10.2 Å². The quantitative estimate of drug-likeness (QED) is 0.171. The second kappa shape index (κ2) is 13.7. The summed E-state index contributed by atoms with van der Waals surface area (Å²) in [6, 6.07) is 19.0. The van der Waals surface area contributed by atoms with Crippen molar-refractivity contribution in [3.63, 3.8) is 0 Å². The van der Waals surface area contributed by atoms with Gasteiger partial charge in [0.15, 0.2) is 4.34 Å². The number of ether oxygens (including phenoxy) is 2. The summed E-state index contributed by atoms with van der Waals surface area (Å²) in [6.45, 7) is 8.03. The lowest BCUT2D eigenvalue weighted by atomic mass is 10.1. The molecule has 0 saturated carbocycles. The van der Waals surface area contributed by atoms with E-state index in [1.54, 1.807) is 13.2 Å². The van der Waals surface area contributed by atoms with Crippen molar-refractivity contribution in [2.45, 2.75) is 57.0 Å². The van der Waals surface area contributed by atoms with E-state index < -0.39 is 0 Å². The van der Waals surface area contributed by atoms with Crippen LogP contribution in [0.4, 0.5) is 5.69 Å². The molecule has 0 spiro atoms. The first-order valence-electron chi connectivity index (χ1n) is 13.3. The number of nitrogens with zero attached hydrogens (tertiary/aromatic N) is 1. The molecule has 1 heterocycles. The fourth-order valence-electron chi connectivity index (χ4n) is 4.40.